The molecule has 0 amide bonds. The minimum atomic E-state index is -0.426. The van der Waals surface area contributed by atoms with Crippen LogP contribution < -0.4 is 5.32 Å². The first-order chi connectivity index (χ1) is 13.5. The summed E-state index contributed by atoms with van der Waals surface area (Å²) in [5, 5.41) is 15.2. The summed E-state index contributed by atoms with van der Waals surface area (Å²) in [5.41, 5.74) is 2.86. The summed E-state index contributed by atoms with van der Waals surface area (Å²) >= 11 is 6.43. The lowest BCUT2D eigenvalue weighted by atomic mass is 9.76. The van der Waals surface area contributed by atoms with E-state index in [2.05, 4.69) is 17.5 Å². The summed E-state index contributed by atoms with van der Waals surface area (Å²) in [6, 6.07) is 9.82. The van der Waals surface area contributed by atoms with Gasteiger partial charge in [-0.3, -0.25) is 10.1 Å². The number of nitrogens with one attached hydrogen (secondary N) is 1. The number of non-ortho nitro benzene ring substituents is 1. The van der Waals surface area contributed by atoms with E-state index < -0.39 is 10.9 Å². The molecule has 4 rings (SSSR count). The van der Waals surface area contributed by atoms with Crippen molar-refractivity contribution < 1.29 is 14.5 Å². The second kappa shape index (κ2) is 7.28. The third-order valence-electron chi connectivity index (χ3n) is 5.42. The van der Waals surface area contributed by atoms with E-state index in [4.69, 9.17) is 16.3 Å². The second-order valence-corrected chi connectivity index (χ2v) is 7.34. The zero-order valence-corrected chi connectivity index (χ0v) is 16.0. The molecule has 1 aliphatic heterocycles. The number of nitro groups is 1. The molecule has 28 heavy (non-hydrogen) atoms. The Labute approximate surface area is 167 Å². The van der Waals surface area contributed by atoms with Crippen LogP contribution >= 0.6 is 11.6 Å². The van der Waals surface area contributed by atoms with E-state index in [0.717, 1.165) is 12.0 Å². The number of para-hydroxylation sites is 1. The molecule has 2 aromatic rings. The fourth-order valence-electron chi connectivity index (χ4n) is 4.19. The first kappa shape index (κ1) is 18.5. The molecule has 0 saturated carbocycles. The van der Waals surface area contributed by atoms with Gasteiger partial charge in [-0.05, 0) is 37.0 Å². The van der Waals surface area contributed by atoms with Crippen LogP contribution in [-0.4, -0.2) is 17.5 Å². The summed E-state index contributed by atoms with van der Waals surface area (Å²) in [5.74, 6) is -0.133. The van der Waals surface area contributed by atoms with E-state index in [9.17, 15) is 14.9 Å². The van der Waals surface area contributed by atoms with Crippen LogP contribution in [0.5, 0.6) is 0 Å². The van der Waals surface area contributed by atoms with Crippen LogP contribution in [0.4, 0.5) is 11.4 Å². The monoisotopic (exact) mass is 398 g/mol. The Morgan fingerprint density at radius 1 is 1.32 bits per heavy atom. The number of rotatable bonds is 4. The maximum absolute atomic E-state index is 12.5. The smallest absolute Gasteiger partial charge is 0.340 e. The quantitative estimate of drug-likeness (QED) is 0.329. The van der Waals surface area contributed by atoms with Crippen LogP contribution in [0.2, 0.25) is 5.02 Å². The topological polar surface area (TPSA) is 81.5 Å². The predicted molar refractivity (Wildman–Crippen MR) is 107 cm³/mol. The standard InChI is InChI=1S/C21H19ClN2O4/c1-2-28-21(25)16-8-4-7-14-13-5-3-6-15(13)20(23-19(14)16)17-11-12(24(26)27)9-10-18(17)22/h3-5,7-11,13,15,20,23H,2,6H2,1H3/t13-,15+,20-/m1/s1. The lowest BCUT2D eigenvalue weighted by molar-refractivity contribution is -0.384. The molecule has 0 saturated heterocycles. The number of nitro benzene ring substituents is 1. The molecule has 2 aliphatic rings. The van der Waals surface area contributed by atoms with Crippen LogP contribution in [-0.2, 0) is 4.74 Å². The number of allylic oxidation sites excluding steroid dienone is 2. The number of nitrogens with zero attached hydrogens (tertiary/aromatic N) is 1. The fraction of sp³-hybridized carbons (Fsp3) is 0.286. The third-order valence-corrected chi connectivity index (χ3v) is 5.76. The van der Waals surface area contributed by atoms with Gasteiger partial charge in [0.25, 0.3) is 5.69 Å². The number of ether oxygens (including phenoxy) is 1. The minimum absolute atomic E-state index is 0.00631. The Bertz CT molecular complexity index is 988. The molecular formula is C21H19ClN2O4. The number of hydrogen-bond acceptors (Lipinski definition) is 5. The first-order valence-corrected chi connectivity index (χ1v) is 9.56. The maximum Gasteiger partial charge on any atom is 0.340 e. The molecule has 0 radical (unpaired) electrons. The lowest BCUT2D eigenvalue weighted by Crippen LogP contribution is -2.30. The highest BCUT2D eigenvalue weighted by atomic mass is 35.5. The average molecular weight is 399 g/mol. The molecule has 6 nitrogen and oxygen atoms in total. The van der Waals surface area contributed by atoms with Crippen molar-refractivity contribution in [1.82, 2.24) is 0 Å². The van der Waals surface area contributed by atoms with Crippen LogP contribution in [0.15, 0.2) is 48.6 Å². The van der Waals surface area contributed by atoms with Crippen LogP contribution in [0.1, 0.15) is 46.8 Å². The number of anilines is 1. The molecule has 0 spiro atoms. The summed E-state index contributed by atoms with van der Waals surface area (Å²) < 4.78 is 5.21. The molecule has 7 heteroatoms. The normalized spacial score (nSPS) is 22.1. The Hall–Kier alpha value is -2.86. The van der Waals surface area contributed by atoms with Crippen molar-refractivity contribution >= 4 is 28.9 Å². The molecule has 0 fully saturated rings. The van der Waals surface area contributed by atoms with E-state index in [1.165, 1.54) is 12.1 Å². The van der Waals surface area contributed by atoms with Crippen molar-refractivity contribution in [3.63, 3.8) is 0 Å². The van der Waals surface area contributed by atoms with Gasteiger partial charge in [-0.25, -0.2) is 4.79 Å². The van der Waals surface area contributed by atoms with Crippen LogP contribution in [0.3, 0.4) is 0 Å². The molecular weight excluding hydrogens is 380 g/mol. The van der Waals surface area contributed by atoms with Crippen LogP contribution in [0.25, 0.3) is 0 Å². The molecule has 1 heterocycles. The van der Waals surface area contributed by atoms with Crippen molar-refractivity contribution in [3.8, 4) is 0 Å². The van der Waals surface area contributed by atoms with Gasteiger partial charge in [0.2, 0.25) is 0 Å². The van der Waals surface area contributed by atoms with E-state index in [1.807, 2.05) is 12.1 Å². The Balaban J connectivity index is 1.83. The van der Waals surface area contributed by atoms with Crippen molar-refractivity contribution in [2.45, 2.75) is 25.3 Å². The van der Waals surface area contributed by atoms with E-state index in [1.54, 1.807) is 19.1 Å². The predicted octanol–water partition coefficient (Wildman–Crippen LogP) is 5.25. The maximum atomic E-state index is 12.5. The molecule has 0 bridgehead atoms. The molecule has 2 aromatic carbocycles. The molecule has 0 aromatic heterocycles. The fourth-order valence-corrected chi connectivity index (χ4v) is 4.43. The number of carbonyl (C=O) groups is 1. The lowest BCUT2D eigenvalue weighted by Gasteiger charge is -2.38. The van der Waals surface area contributed by atoms with Crippen molar-refractivity contribution in [3.05, 3.63) is 80.4 Å². The Kier molecular flexibility index (Phi) is 4.81. The Morgan fingerprint density at radius 3 is 2.89 bits per heavy atom. The highest BCUT2D eigenvalue weighted by Gasteiger charge is 2.40. The number of hydrogen-bond donors (Lipinski definition) is 1. The Morgan fingerprint density at radius 2 is 2.14 bits per heavy atom. The van der Waals surface area contributed by atoms with E-state index in [0.29, 0.717) is 21.8 Å². The number of carbonyl (C=O) groups excluding carboxylic acids is 1. The number of benzene rings is 2. The third kappa shape index (κ3) is 3.03. The number of halogens is 1. The van der Waals surface area contributed by atoms with Gasteiger partial charge >= 0.3 is 5.97 Å². The number of fused-ring (bicyclic) bond motifs is 3. The van der Waals surface area contributed by atoms with E-state index in [-0.39, 0.29) is 30.2 Å². The second-order valence-electron chi connectivity index (χ2n) is 6.93. The molecule has 1 N–H and O–H groups in total. The summed E-state index contributed by atoms with van der Waals surface area (Å²) in [4.78, 5) is 23.3. The first-order valence-electron chi connectivity index (χ1n) is 9.18. The van der Waals surface area contributed by atoms with Gasteiger partial charge in [-0.15, -0.1) is 0 Å². The zero-order valence-electron chi connectivity index (χ0n) is 15.2. The molecule has 3 atom stereocenters. The van der Waals surface area contributed by atoms with Gasteiger partial charge in [0, 0.05) is 28.6 Å². The highest BCUT2D eigenvalue weighted by Crippen LogP contribution is 2.51. The minimum Gasteiger partial charge on any atom is -0.462 e. The zero-order chi connectivity index (χ0) is 19.8. The van der Waals surface area contributed by atoms with Gasteiger partial charge in [-0.1, -0.05) is 35.9 Å². The van der Waals surface area contributed by atoms with Crippen molar-refractivity contribution in [2.75, 3.05) is 11.9 Å². The van der Waals surface area contributed by atoms with Crippen molar-refractivity contribution in [1.29, 1.82) is 0 Å². The molecule has 0 unspecified atom stereocenters. The van der Waals surface area contributed by atoms with Crippen molar-refractivity contribution in [2.24, 2.45) is 5.92 Å². The molecule has 144 valence electrons. The van der Waals surface area contributed by atoms with Crippen LogP contribution in [0, 0.1) is 16.0 Å². The van der Waals surface area contributed by atoms with E-state index >= 15 is 0 Å². The highest BCUT2D eigenvalue weighted by molar-refractivity contribution is 6.31. The largest absolute Gasteiger partial charge is 0.462 e. The summed E-state index contributed by atoms with van der Waals surface area (Å²) in [7, 11) is 0. The van der Waals surface area contributed by atoms with Gasteiger partial charge in [0.05, 0.1) is 28.8 Å². The SMILES string of the molecule is CCOC(=O)c1cccc2c1N[C@@H](c1cc([N+](=O)[O-])ccc1Cl)[C@H]1CC=C[C@H]21. The molecule has 1 aliphatic carbocycles. The van der Waals surface area contributed by atoms with Gasteiger partial charge in [-0.2, -0.15) is 0 Å². The van der Waals surface area contributed by atoms with Gasteiger partial charge < -0.3 is 10.1 Å². The van der Waals surface area contributed by atoms with Gasteiger partial charge in [0.1, 0.15) is 0 Å². The van der Waals surface area contributed by atoms with Gasteiger partial charge in [0.15, 0.2) is 0 Å². The number of esters is 1. The summed E-state index contributed by atoms with van der Waals surface area (Å²) in [6.07, 6.45) is 5.07. The average Bonchev–Trinajstić information content (AvgIpc) is 3.17. The summed E-state index contributed by atoms with van der Waals surface area (Å²) in [6.45, 7) is 2.05.